The third-order valence-corrected chi connectivity index (χ3v) is 16.6. The largest absolute Gasteiger partial charge is 0.0990 e. The van der Waals surface area contributed by atoms with Gasteiger partial charge in [0.15, 0.2) is 0 Å². The van der Waals surface area contributed by atoms with E-state index >= 15 is 0 Å². The standard InChI is InChI=1S/C51H62.C15H14.C11H16/c1-7-11-13-15-17-21-33-51(34-22-18-16-14-12-8-2)46-26-20-19-25-42(46)45-32-29-41(37-49(45)51)40-28-31-44-43-30-27-39(38(23-9-3)24-10-4)35-47(43)50(5,6)48(44)36-40;1-3-6-12(2)14-10-9-13-7-4-5-8-15(13)11-14;1-9-5-7-10(8-6-9)11(2,3)4/h9-10,19-20,23-32,35-37H,3,7-8,11-18,21-22,33-34H2,1-2,4-6H3;3-11H,2H2,1H3;5-8H,1-4H3/b24-10-,38-23+;6-3-;. The normalized spacial score (nSPS) is 13.8. The van der Waals surface area contributed by atoms with Crippen LogP contribution in [0, 0.1) is 6.92 Å². The van der Waals surface area contributed by atoms with Gasteiger partial charge < -0.3 is 0 Å². The third-order valence-electron chi connectivity index (χ3n) is 16.6. The van der Waals surface area contributed by atoms with Crippen LogP contribution >= 0.6 is 0 Å². The fraction of sp³-hybridized carbons (Fsp3) is 0.351. The van der Waals surface area contributed by atoms with Crippen LogP contribution < -0.4 is 0 Å². The van der Waals surface area contributed by atoms with Crippen molar-refractivity contribution in [1.29, 1.82) is 0 Å². The van der Waals surface area contributed by atoms with E-state index in [1.807, 2.05) is 25.2 Å². The van der Waals surface area contributed by atoms with Crippen molar-refractivity contribution >= 4 is 21.9 Å². The average molecular weight is 1020 g/mol. The number of aryl methyl sites for hydroxylation is 1. The highest BCUT2D eigenvalue weighted by Gasteiger charge is 2.42. The highest BCUT2D eigenvalue weighted by Crippen LogP contribution is 2.56. The second-order valence-electron chi connectivity index (χ2n) is 23.6. The second-order valence-corrected chi connectivity index (χ2v) is 23.6. The molecular weight excluding hydrogens is 925 g/mol. The zero-order valence-corrected chi connectivity index (χ0v) is 49.1. The quantitative estimate of drug-likeness (QED) is 0.0527. The minimum absolute atomic E-state index is 0.0851. The van der Waals surface area contributed by atoms with Gasteiger partial charge in [-0.1, -0.05) is 302 Å². The molecule has 77 heavy (non-hydrogen) atoms. The van der Waals surface area contributed by atoms with Gasteiger partial charge in [-0.2, -0.15) is 0 Å². The zero-order valence-electron chi connectivity index (χ0n) is 49.1. The van der Waals surface area contributed by atoms with E-state index in [1.54, 1.807) is 11.1 Å². The topological polar surface area (TPSA) is 0 Å². The fourth-order valence-corrected chi connectivity index (χ4v) is 12.1. The van der Waals surface area contributed by atoms with E-state index in [0.717, 1.165) is 5.57 Å². The molecule has 2 aliphatic rings. The maximum Gasteiger partial charge on any atom is 0.0215 e. The van der Waals surface area contributed by atoms with Gasteiger partial charge in [0.05, 0.1) is 0 Å². The number of benzene rings is 7. The summed E-state index contributed by atoms with van der Waals surface area (Å²) in [5.74, 6) is 0. The molecule has 0 saturated carbocycles. The van der Waals surface area contributed by atoms with Gasteiger partial charge in [0, 0.05) is 10.8 Å². The molecule has 0 bridgehead atoms. The Labute approximate surface area is 467 Å². The van der Waals surface area contributed by atoms with Crippen molar-refractivity contribution in [3.63, 3.8) is 0 Å². The van der Waals surface area contributed by atoms with Gasteiger partial charge in [-0.15, -0.1) is 0 Å². The maximum atomic E-state index is 4.03. The summed E-state index contributed by atoms with van der Waals surface area (Å²) in [7, 11) is 0. The van der Waals surface area contributed by atoms with E-state index in [-0.39, 0.29) is 16.2 Å². The Kier molecular flexibility index (Phi) is 20.6. The molecule has 0 amide bonds. The van der Waals surface area contributed by atoms with Gasteiger partial charge in [-0.3, -0.25) is 0 Å². The van der Waals surface area contributed by atoms with Crippen molar-refractivity contribution in [3.8, 4) is 33.4 Å². The van der Waals surface area contributed by atoms with Crippen molar-refractivity contribution in [2.24, 2.45) is 0 Å². The summed E-state index contributed by atoms with van der Waals surface area (Å²) < 4.78 is 0. The van der Waals surface area contributed by atoms with Crippen molar-refractivity contribution in [2.45, 2.75) is 175 Å². The van der Waals surface area contributed by atoms with Crippen LogP contribution in [0.1, 0.15) is 197 Å². The van der Waals surface area contributed by atoms with Gasteiger partial charge in [0.25, 0.3) is 0 Å². The summed E-state index contributed by atoms with van der Waals surface area (Å²) in [6.07, 6.45) is 31.0. The predicted molar refractivity (Wildman–Crippen MR) is 342 cm³/mol. The van der Waals surface area contributed by atoms with Crippen LogP contribution in [0.5, 0.6) is 0 Å². The number of allylic oxidation sites excluding steroid dienone is 8. The summed E-state index contributed by atoms with van der Waals surface area (Å²) in [6, 6.07) is 54.7. The smallest absolute Gasteiger partial charge is 0.0215 e. The van der Waals surface area contributed by atoms with Crippen molar-refractivity contribution in [1.82, 2.24) is 0 Å². The van der Waals surface area contributed by atoms with Crippen LogP contribution in [0.15, 0.2) is 195 Å². The van der Waals surface area contributed by atoms with Crippen LogP contribution in [0.2, 0.25) is 0 Å². The summed E-state index contributed by atoms with van der Waals surface area (Å²) in [5, 5.41) is 2.54. The minimum atomic E-state index is -0.0851. The SMILES string of the molecule is C=C(/C=C\C)c1ccc2ccccc2c1.C=C/C=C(\C=C/C)c1ccc2c(c1)C(C)(C)c1cc(-c3ccc4c(c3)C(CCCCCCCC)(CCCCCCCC)c3ccccc3-4)ccc1-2.Cc1ccc(C(C)(C)C)cc1. The van der Waals surface area contributed by atoms with E-state index in [2.05, 4.69) is 239 Å². The highest BCUT2D eigenvalue weighted by molar-refractivity contribution is 5.89. The molecule has 0 spiro atoms. The summed E-state index contributed by atoms with van der Waals surface area (Å²) >= 11 is 0. The van der Waals surface area contributed by atoms with Crippen LogP contribution in [-0.4, -0.2) is 0 Å². The summed E-state index contributed by atoms with van der Waals surface area (Å²) in [4.78, 5) is 0. The van der Waals surface area contributed by atoms with Crippen molar-refractivity contribution in [2.75, 3.05) is 0 Å². The highest BCUT2D eigenvalue weighted by atomic mass is 14.5. The van der Waals surface area contributed by atoms with Crippen LogP contribution in [-0.2, 0) is 16.2 Å². The lowest BCUT2D eigenvalue weighted by Crippen LogP contribution is -2.25. The molecule has 0 heteroatoms. The molecule has 0 unspecified atom stereocenters. The molecule has 7 aromatic carbocycles. The zero-order chi connectivity index (χ0) is 55.0. The lowest BCUT2D eigenvalue weighted by atomic mass is 9.70. The van der Waals surface area contributed by atoms with Gasteiger partial charge in [0.1, 0.15) is 0 Å². The number of hydrogen-bond donors (Lipinski definition) is 0. The Bertz CT molecular complexity index is 3150. The number of unbranched alkanes of at least 4 members (excludes halogenated alkanes) is 10. The molecule has 2 aliphatic carbocycles. The molecule has 0 nitrogen and oxygen atoms in total. The molecule has 0 aliphatic heterocycles. The lowest BCUT2D eigenvalue weighted by molar-refractivity contribution is 0.398. The lowest BCUT2D eigenvalue weighted by Gasteiger charge is -2.33. The van der Waals surface area contributed by atoms with Crippen LogP contribution in [0.25, 0.3) is 55.3 Å². The molecule has 400 valence electrons. The Hall–Kier alpha value is -6.50. The number of hydrogen-bond acceptors (Lipinski definition) is 0. The Morgan fingerprint density at radius 2 is 1.00 bits per heavy atom. The Balaban J connectivity index is 0.000000268. The first-order valence-corrected chi connectivity index (χ1v) is 29.6. The van der Waals surface area contributed by atoms with E-state index in [9.17, 15) is 0 Å². The first-order valence-electron chi connectivity index (χ1n) is 29.6. The fourth-order valence-electron chi connectivity index (χ4n) is 12.1. The first-order chi connectivity index (χ1) is 37.2. The third kappa shape index (κ3) is 14.0. The molecule has 0 heterocycles. The monoisotopic (exact) mass is 1020 g/mol. The molecule has 0 aromatic heterocycles. The molecule has 9 rings (SSSR count). The van der Waals surface area contributed by atoms with Gasteiger partial charge in [0.2, 0.25) is 0 Å². The van der Waals surface area contributed by atoms with Crippen molar-refractivity contribution in [3.05, 3.63) is 240 Å². The van der Waals surface area contributed by atoms with E-state index < -0.39 is 0 Å². The van der Waals surface area contributed by atoms with Gasteiger partial charge in [-0.25, -0.2) is 0 Å². The van der Waals surface area contributed by atoms with Gasteiger partial charge in [-0.05, 0) is 158 Å². The molecule has 0 fully saturated rings. The van der Waals surface area contributed by atoms with E-state index in [0.29, 0.717) is 0 Å². The number of rotatable bonds is 20. The van der Waals surface area contributed by atoms with Crippen LogP contribution in [0.3, 0.4) is 0 Å². The minimum Gasteiger partial charge on any atom is -0.0990 e. The number of fused-ring (bicyclic) bond motifs is 7. The molecule has 0 N–H and O–H groups in total. The Morgan fingerprint density at radius 1 is 0.494 bits per heavy atom. The molecule has 0 saturated heterocycles. The van der Waals surface area contributed by atoms with Gasteiger partial charge >= 0.3 is 0 Å². The average Bonchev–Trinajstić information content (AvgIpc) is 3.87. The van der Waals surface area contributed by atoms with Crippen molar-refractivity contribution < 1.29 is 0 Å². The van der Waals surface area contributed by atoms with E-state index in [4.69, 9.17) is 0 Å². The summed E-state index contributed by atoms with van der Waals surface area (Å²) in [5.41, 5.74) is 22.1. The van der Waals surface area contributed by atoms with E-state index in [1.165, 1.54) is 173 Å². The molecule has 0 atom stereocenters. The molecule has 0 radical (unpaired) electrons. The maximum absolute atomic E-state index is 4.03. The Morgan fingerprint density at radius 3 is 1.60 bits per heavy atom. The molecule has 7 aromatic rings. The molecular formula is C77H92. The predicted octanol–water partition coefficient (Wildman–Crippen LogP) is 23.3. The summed E-state index contributed by atoms with van der Waals surface area (Å²) in [6.45, 7) is 30.4. The van der Waals surface area contributed by atoms with Crippen LogP contribution in [0.4, 0.5) is 0 Å². The second kappa shape index (κ2) is 27.2. The first kappa shape index (κ1) is 58.2.